The number of rotatable bonds is 7. The number of aromatic nitrogens is 1. The Morgan fingerprint density at radius 1 is 1.23 bits per heavy atom. The third kappa shape index (κ3) is 5.37. The van der Waals surface area contributed by atoms with Crippen molar-refractivity contribution in [2.75, 3.05) is 33.2 Å². The van der Waals surface area contributed by atoms with Gasteiger partial charge in [-0.3, -0.25) is 9.89 Å². The summed E-state index contributed by atoms with van der Waals surface area (Å²) in [5.74, 6) is 1.85. The summed E-state index contributed by atoms with van der Waals surface area (Å²) in [6.45, 7) is 5.97. The molecule has 0 saturated carbocycles. The molecule has 3 N–H and O–H groups in total. The number of aromatic amines is 1. The molecule has 3 heterocycles. The predicted octanol–water partition coefficient (Wildman–Crippen LogP) is 4.23. The van der Waals surface area contributed by atoms with Crippen LogP contribution >= 0.6 is 24.0 Å². The zero-order valence-corrected chi connectivity index (χ0v) is 20.1. The molecule has 3 aromatic rings. The van der Waals surface area contributed by atoms with E-state index in [0.717, 1.165) is 44.3 Å². The molecule has 4 rings (SSSR count). The first-order chi connectivity index (χ1) is 14.2. The number of halogens is 1. The van der Waals surface area contributed by atoms with Crippen molar-refractivity contribution < 1.29 is 4.42 Å². The van der Waals surface area contributed by atoms with Gasteiger partial charge in [-0.15, -0.1) is 24.0 Å². The number of fused-ring (bicyclic) bond motifs is 1. The molecule has 162 valence electrons. The highest BCUT2D eigenvalue weighted by molar-refractivity contribution is 14.0. The SMILES string of the molecule is CN=C(NCCc1c[nH]c2cc(C)ccc12)NCC(c1ccco1)N1CCCC1.I. The number of nitrogens with one attached hydrogen (secondary N) is 3. The Balaban J connectivity index is 0.00000256. The normalized spacial score (nSPS) is 15.9. The second-order valence-corrected chi connectivity index (χ2v) is 7.77. The fourth-order valence-electron chi connectivity index (χ4n) is 4.18. The maximum Gasteiger partial charge on any atom is 0.191 e. The van der Waals surface area contributed by atoms with Crippen LogP contribution in [-0.2, 0) is 6.42 Å². The van der Waals surface area contributed by atoms with E-state index in [1.165, 1.54) is 34.9 Å². The Hall–Kier alpha value is -2.00. The van der Waals surface area contributed by atoms with Gasteiger partial charge in [-0.1, -0.05) is 12.1 Å². The summed E-state index contributed by atoms with van der Waals surface area (Å²) < 4.78 is 5.71. The lowest BCUT2D eigenvalue weighted by atomic mass is 10.1. The first-order valence-corrected chi connectivity index (χ1v) is 10.5. The Labute approximate surface area is 195 Å². The van der Waals surface area contributed by atoms with E-state index in [1.807, 2.05) is 13.1 Å². The molecule has 0 bridgehead atoms. The minimum absolute atomic E-state index is 0. The fourth-order valence-corrected chi connectivity index (χ4v) is 4.18. The van der Waals surface area contributed by atoms with E-state index in [1.54, 1.807) is 6.26 Å². The summed E-state index contributed by atoms with van der Waals surface area (Å²) in [7, 11) is 1.82. The number of hydrogen-bond acceptors (Lipinski definition) is 3. The van der Waals surface area contributed by atoms with Gasteiger partial charge in [-0.25, -0.2) is 0 Å². The highest BCUT2D eigenvalue weighted by atomic mass is 127. The molecule has 1 aliphatic rings. The average molecular weight is 521 g/mol. The minimum Gasteiger partial charge on any atom is -0.468 e. The molecule has 1 aromatic carbocycles. The van der Waals surface area contributed by atoms with Gasteiger partial charge in [0, 0.05) is 37.2 Å². The van der Waals surface area contributed by atoms with E-state index in [4.69, 9.17) is 4.42 Å². The van der Waals surface area contributed by atoms with Crippen molar-refractivity contribution in [3.05, 3.63) is 59.7 Å². The molecule has 1 aliphatic heterocycles. The number of likely N-dealkylation sites (tertiary alicyclic amines) is 1. The van der Waals surface area contributed by atoms with Crippen molar-refractivity contribution in [3.63, 3.8) is 0 Å². The van der Waals surface area contributed by atoms with Gasteiger partial charge in [0.05, 0.1) is 12.3 Å². The lowest BCUT2D eigenvalue weighted by molar-refractivity contribution is 0.215. The number of aryl methyl sites for hydroxylation is 1. The van der Waals surface area contributed by atoms with Crippen molar-refractivity contribution in [1.29, 1.82) is 0 Å². The smallest absolute Gasteiger partial charge is 0.191 e. The van der Waals surface area contributed by atoms with Gasteiger partial charge < -0.3 is 20.0 Å². The lowest BCUT2D eigenvalue weighted by Gasteiger charge is -2.26. The molecule has 0 amide bonds. The van der Waals surface area contributed by atoms with Crippen LogP contribution in [0.25, 0.3) is 10.9 Å². The van der Waals surface area contributed by atoms with Gasteiger partial charge >= 0.3 is 0 Å². The maximum atomic E-state index is 5.71. The van der Waals surface area contributed by atoms with Gasteiger partial charge in [0.25, 0.3) is 0 Å². The van der Waals surface area contributed by atoms with Crippen LogP contribution in [0, 0.1) is 6.92 Å². The van der Waals surface area contributed by atoms with E-state index < -0.39 is 0 Å². The molecule has 30 heavy (non-hydrogen) atoms. The Morgan fingerprint density at radius 3 is 2.80 bits per heavy atom. The number of H-pyrrole nitrogens is 1. The second kappa shape index (κ2) is 10.9. The van der Waals surface area contributed by atoms with Gasteiger partial charge in [-0.05, 0) is 68.6 Å². The molecule has 0 spiro atoms. The van der Waals surface area contributed by atoms with E-state index in [0.29, 0.717) is 0 Å². The molecule has 0 aliphatic carbocycles. The molecule has 7 heteroatoms. The number of aliphatic imine (C=N–C) groups is 1. The van der Waals surface area contributed by atoms with Crippen LogP contribution in [0.3, 0.4) is 0 Å². The maximum absolute atomic E-state index is 5.71. The zero-order chi connectivity index (χ0) is 20.1. The predicted molar refractivity (Wildman–Crippen MR) is 134 cm³/mol. The number of guanidine groups is 1. The molecule has 1 unspecified atom stereocenters. The molecule has 1 fully saturated rings. The zero-order valence-electron chi connectivity index (χ0n) is 17.8. The summed E-state index contributed by atoms with van der Waals surface area (Å²) >= 11 is 0. The first kappa shape index (κ1) is 22.7. The molecule has 2 aromatic heterocycles. The Morgan fingerprint density at radius 2 is 2.07 bits per heavy atom. The first-order valence-electron chi connectivity index (χ1n) is 10.5. The topological polar surface area (TPSA) is 68.6 Å². The number of hydrogen-bond donors (Lipinski definition) is 3. The third-order valence-electron chi connectivity index (χ3n) is 5.75. The van der Waals surface area contributed by atoms with Crippen molar-refractivity contribution >= 4 is 40.8 Å². The third-order valence-corrected chi connectivity index (χ3v) is 5.75. The number of nitrogens with zero attached hydrogens (tertiary/aromatic N) is 2. The van der Waals surface area contributed by atoms with E-state index in [9.17, 15) is 0 Å². The van der Waals surface area contributed by atoms with Gasteiger partial charge in [0.15, 0.2) is 5.96 Å². The monoisotopic (exact) mass is 521 g/mol. The minimum atomic E-state index is 0. The highest BCUT2D eigenvalue weighted by Gasteiger charge is 2.25. The lowest BCUT2D eigenvalue weighted by Crippen LogP contribution is -2.43. The summed E-state index contributed by atoms with van der Waals surface area (Å²) in [6.07, 6.45) is 7.33. The van der Waals surface area contributed by atoms with Crippen LogP contribution in [0.2, 0.25) is 0 Å². The summed E-state index contributed by atoms with van der Waals surface area (Å²) in [4.78, 5) is 10.3. The highest BCUT2D eigenvalue weighted by Crippen LogP contribution is 2.25. The van der Waals surface area contributed by atoms with Crippen LogP contribution in [0.1, 0.15) is 35.8 Å². The second-order valence-electron chi connectivity index (χ2n) is 7.77. The van der Waals surface area contributed by atoms with Crippen LogP contribution in [0.4, 0.5) is 0 Å². The van der Waals surface area contributed by atoms with Gasteiger partial charge in [0.2, 0.25) is 0 Å². The fraction of sp³-hybridized carbons (Fsp3) is 0.435. The van der Waals surface area contributed by atoms with E-state index in [-0.39, 0.29) is 30.0 Å². The van der Waals surface area contributed by atoms with Crippen molar-refractivity contribution in [3.8, 4) is 0 Å². The van der Waals surface area contributed by atoms with E-state index >= 15 is 0 Å². The Kier molecular flexibility index (Phi) is 8.21. The molecule has 6 nitrogen and oxygen atoms in total. The summed E-state index contributed by atoms with van der Waals surface area (Å²) in [5, 5.41) is 8.24. The summed E-state index contributed by atoms with van der Waals surface area (Å²) in [5.41, 5.74) is 3.81. The molecular formula is C23H32IN5O. The average Bonchev–Trinajstić information content (AvgIpc) is 3.49. The van der Waals surface area contributed by atoms with Crippen molar-refractivity contribution in [2.45, 2.75) is 32.2 Å². The van der Waals surface area contributed by atoms with Gasteiger partial charge in [-0.2, -0.15) is 0 Å². The van der Waals surface area contributed by atoms with Gasteiger partial charge in [0.1, 0.15) is 5.76 Å². The van der Waals surface area contributed by atoms with Crippen LogP contribution in [0.5, 0.6) is 0 Å². The van der Waals surface area contributed by atoms with Crippen molar-refractivity contribution in [1.82, 2.24) is 20.5 Å². The van der Waals surface area contributed by atoms with Crippen LogP contribution < -0.4 is 10.6 Å². The number of furan rings is 1. The van der Waals surface area contributed by atoms with Crippen molar-refractivity contribution in [2.24, 2.45) is 4.99 Å². The Bertz CT molecular complexity index is 944. The molecule has 0 radical (unpaired) electrons. The standard InChI is InChI=1S/C23H31N5O.HI/c1-17-7-8-19-18(15-26-20(19)14-17)9-10-25-23(24-2)27-16-21(22-6-5-13-29-22)28-11-3-4-12-28;/h5-8,13-15,21,26H,3-4,9-12,16H2,1-2H3,(H2,24,25,27);1H. The van der Waals surface area contributed by atoms with E-state index in [2.05, 4.69) is 62.9 Å². The molecule has 1 atom stereocenters. The van der Waals surface area contributed by atoms with Crippen LogP contribution in [0.15, 0.2) is 52.2 Å². The largest absolute Gasteiger partial charge is 0.468 e. The number of benzene rings is 1. The summed E-state index contributed by atoms with van der Waals surface area (Å²) in [6, 6.07) is 10.8. The molecular weight excluding hydrogens is 489 g/mol. The molecule has 1 saturated heterocycles. The quantitative estimate of drug-likeness (QED) is 0.247. The van der Waals surface area contributed by atoms with Crippen LogP contribution in [-0.4, -0.2) is 49.1 Å².